The second-order valence-corrected chi connectivity index (χ2v) is 7.81. The monoisotopic (exact) mass is 358 g/mol. The van der Waals surface area contributed by atoms with E-state index >= 15 is 0 Å². The van der Waals surface area contributed by atoms with Crippen molar-refractivity contribution in [2.24, 2.45) is 0 Å². The highest BCUT2D eigenvalue weighted by molar-refractivity contribution is 8.00. The van der Waals surface area contributed by atoms with Crippen molar-refractivity contribution in [2.45, 2.75) is 37.6 Å². The van der Waals surface area contributed by atoms with Crippen LogP contribution >= 0.6 is 11.8 Å². The van der Waals surface area contributed by atoms with E-state index in [1.54, 1.807) is 12.1 Å². The number of carbonyl (C=O) groups is 1. The van der Waals surface area contributed by atoms with Crippen LogP contribution in [0.4, 0.5) is 5.69 Å². The average Bonchev–Trinajstić information content (AvgIpc) is 2.58. The number of rotatable bonds is 6. The Morgan fingerprint density at radius 2 is 1.68 bits per heavy atom. The standard InChI is InChI=1S/C19H22N2O3S/c1-19(2,3)15-6-10-17(11-7-15)25-13-18(22)20-12-14-4-8-16(9-5-14)21(23)24/h4-11H,12-13H2,1-3H3,(H,20,22). The minimum absolute atomic E-state index is 0.0457. The number of nitrogens with one attached hydrogen (secondary N) is 1. The minimum Gasteiger partial charge on any atom is -0.351 e. The molecule has 132 valence electrons. The second kappa shape index (κ2) is 8.16. The number of amides is 1. The molecule has 0 aliphatic rings. The molecule has 5 nitrogen and oxygen atoms in total. The number of nitro benzene ring substituents is 1. The van der Waals surface area contributed by atoms with Gasteiger partial charge in [-0.3, -0.25) is 14.9 Å². The van der Waals surface area contributed by atoms with E-state index in [0.717, 1.165) is 10.5 Å². The number of non-ortho nitro benzene ring substituents is 1. The fourth-order valence-corrected chi connectivity index (χ4v) is 2.92. The summed E-state index contributed by atoms with van der Waals surface area (Å²) in [6, 6.07) is 14.4. The maximum atomic E-state index is 12.0. The first-order valence-electron chi connectivity index (χ1n) is 7.99. The molecule has 0 saturated heterocycles. The zero-order valence-corrected chi connectivity index (χ0v) is 15.4. The maximum Gasteiger partial charge on any atom is 0.269 e. The number of thioether (sulfide) groups is 1. The van der Waals surface area contributed by atoms with Gasteiger partial charge in [-0.2, -0.15) is 0 Å². The second-order valence-electron chi connectivity index (χ2n) is 6.76. The van der Waals surface area contributed by atoms with Crippen molar-refractivity contribution < 1.29 is 9.72 Å². The molecule has 0 aromatic heterocycles. The Balaban J connectivity index is 1.79. The first-order chi connectivity index (χ1) is 11.8. The molecule has 0 bridgehead atoms. The van der Waals surface area contributed by atoms with Crippen molar-refractivity contribution in [1.29, 1.82) is 0 Å². The molecule has 0 atom stereocenters. The lowest BCUT2D eigenvalue weighted by atomic mass is 9.87. The van der Waals surface area contributed by atoms with Gasteiger partial charge in [0.1, 0.15) is 0 Å². The lowest BCUT2D eigenvalue weighted by Crippen LogP contribution is -2.24. The molecule has 6 heteroatoms. The highest BCUT2D eigenvalue weighted by atomic mass is 32.2. The predicted octanol–water partition coefficient (Wildman–Crippen LogP) is 4.30. The van der Waals surface area contributed by atoms with Crippen LogP contribution in [0.2, 0.25) is 0 Å². The van der Waals surface area contributed by atoms with Gasteiger partial charge < -0.3 is 5.32 Å². The van der Waals surface area contributed by atoms with Crippen LogP contribution in [0.25, 0.3) is 0 Å². The van der Waals surface area contributed by atoms with Crippen molar-refractivity contribution in [1.82, 2.24) is 5.32 Å². The van der Waals surface area contributed by atoms with E-state index < -0.39 is 4.92 Å². The zero-order valence-electron chi connectivity index (χ0n) is 14.6. The Morgan fingerprint density at radius 1 is 1.08 bits per heavy atom. The molecule has 0 heterocycles. The molecular weight excluding hydrogens is 336 g/mol. The molecule has 0 unspecified atom stereocenters. The molecule has 1 amide bonds. The fraction of sp³-hybridized carbons (Fsp3) is 0.316. The molecule has 0 aliphatic carbocycles. The normalized spacial score (nSPS) is 11.2. The molecule has 2 aromatic carbocycles. The summed E-state index contributed by atoms with van der Waals surface area (Å²) in [4.78, 5) is 23.2. The first kappa shape index (κ1) is 19.0. The fourth-order valence-electron chi connectivity index (χ4n) is 2.19. The van der Waals surface area contributed by atoms with E-state index in [9.17, 15) is 14.9 Å². The van der Waals surface area contributed by atoms with Gasteiger partial charge in [0.2, 0.25) is 5.91 Å². The Kier molecular flexibility index (Phi) is 6.20. The predicted molar refractivity (Wildman–Crippen MR) is 101 cm³/mol. The molecule has 2 aromatic rings. The largest absolute Gasteiger partial charge is 0.351 e. The summed E-state index contributed by atoms with van der Waals surface area (Å²) in [5.41, 5.74) is 2.26. The van der Waals surface area contributed by atoms with Crippen LogP contribution in [0.15, 0.2) is 53.4 Å². The van der Waals surface area contributed by atoms with Crippen LogP contribution in [0.5, 0.6) is 0 Å². The average molecular weight is 358 g/mol. The number of hydrogen-bond acceptors (Lipinski definition) is 4. The minimum atomic E-state index is -0.441. The maximum absolute atomic E-state index is 12.0. The zero-order chi connectivity index (χ0) is 18.4. The van der Waals surface area contributed by atoms with Crippen LogP contribution in [0.3, 0.4) is 0 Å². The van der Waals surface area contributed by atoms with E-state index in [0.29, 0.717) is 12.3 Å². The van der Waals surface area contributed by atoms with Gasteiger partial charge >= 0.3 is 0 Å². The third-order valence-corrected chi connectivity index (χ3v) is 4.74. The van der Waals surface area contributed by atoms with Crippen LogP contribution in [0, 0.1) is 10.1 Å². The number of carbonyl (C=O) groups excluding carboxylic acids is 1. The van der Waals surface area contributed by atoms with Crippen molar-refractivity contribution >= 4 is 23.4 Å². The van der Waals surface area contributed by atoms with Crippen LogP contribution < -0.4 is 5.32 Å². The summed E-state index contributed by atoms with van der Waals surface area (Å²) in [5, 5.41) is 13.4. The van der Waals surface area contributed by atoms with Crippen LogP contribution in [-0.4, -0.2) is 16.6 Å². The Hall–Kier alpha value is -2.34. The molecular formula is C19H22N2O3S. The quantitative estimate of drug-likeness (QED) is 0.475. The van der Waals surface area contributed by atoms with Gasteiger partial charge in [-0.05, 0) is 28.7 Å². The van der Waals surface area contributed by atoms with Crippen molar-refractivity contribution in [3.8, 4) is 0 Å². The summed E-state index contributed by atoms with van der Waals surface area (Å²) in [6.07, 6.45) is 0. The van der Waals surface area contributed by atoms with Crippen molar-refractivity contribution in [3.63, 3.8) is 0 Å². The lowest BCUT2D eigenvalue weighted by Gasteiger charge is -2.19. The van der Waals surface area contributed by atoms with E-state index in [-0.39, 0.29) is 17.0 Å². The van der Waals surface area contributed by atoms with Gasteiger partial charge in [0, 0.05) is 23.6 Å². The van der Waals surface area contributed by atoms with Gasteiger partial charge in [0.05, 0.1) is 10.7 Å². The van der Waals surface area contributed by atoms with Crippen LogP contribution in [0.1, 0.15) is 31.9 Å². The number of benzene rings is 2. The molecule has 1 N–H and O–H groups in total. The first-order valence-corrected chi connectivity index (χ1v) is 8.97. The van der Waals surface area contributed by atoms with Gasteiger partial charge in [-0.15, -0.1) is 11.8 Å². The SMILES string of the molecule is CC(C)(C)c1ccc(SCC(=O)NCc2ccc([N+](=O)[O-])cc2)cc1. The molecule has 0 fully saturated rings. The molecule has 0 aliphatic heterocycles. The highest BCUT2D eigenvalue weighted by Crippen LogP contribution is 2.25. The van der Waals surface area contributed by atoms with Gasteiger partial charge in [0.25, 0.3) is 5.69 Å². The molecule has 2 rings (SSSR count). The van der Waals surface area contributed by atoms with E-state index in [4.69, 9.17) is 0 Å². The van der Waals surface area contributed by atoms with Crippen LogP contribution in [-0.2, 0) is 16.8 Å². The Labute approximate surface area is 152 Å². The highest BCUT2D eigenvalue weighted by Gasteiger charge is 2.13. The van der Waals surface area contributed by atoms with Crippen molar-refractivity contribution in [2.75, 3.05) is 5.75 Å². The summed E-state index contributed by atoms with van der Waals surface area (Å²) >= 11 is 1.49. The Bertz CT molecular complexity index is 735. The van der Waals surface area contributed by atoms with E-state index in [1.807, 2.05) is 12.1 Å². The van der Waals surface area contributed by atoms with E-state index in [2.05, 4.69) is 38.2 Å². The molecule has 0 saturated carbocycles. The summed E-state index contributed by atoms with van der Waals surface area (Å²) in [7, 11) is 0. The van der Waals surface area contributed by atoms with Gasteiger partial charge in [-0.1, -0.05) is 45.0 Å². The Morgan fingerprint density at radius 3 is 2.20 bits per heavy atom. The summed E-state index contributed by atoms with van der Waals surface area (Å²) in [5.74, 6) is 0.269. The topological polar surface area (TPSA) is 72.2 Å². The van der Waals surface area contributed by atoms with E-state index in [1.165, 1.54) is 29.5 Å². The molecule has 0 spiro atoms. The summed E-state index contributed by atoms with van der Waals surface area (Å²) < 4.78 is 0. The molecule has 0 radical (unpaired) electrons. The number of nitrogens with zero attached hydrogens (tertiary/aromatic N) is 1. The lowest BCUT2D eigenvalue weighted by molar-refractivity contribution is -0.384. The molecule has 25 heavy (non-hydrogen) atoms. The van der Waals surface area contributed by atoms with Gasteiger partial charge in [0.15, 0.2) is 0 Å². The smallest absolute Gasteiger partial charge is 0.269 e. The summed E-state index contributed by atoms with van der Waals surface area (Å²) in [6.45, 7) is 6.86. The number of nitro groups is 1. The number of hydrogen-bond donors (Lipinski definition) is 1. The van der Waals surface area contributed by atoms with Gasteiger partial charge in [-0.25, -0.2) is 0 Å². The van der Waals surface area contributed by atoms with Crippen molar-refractivity contribution in [3.05, 3.63) is 69.8 Å². The third kappa shape index (κ3) is 5.90. The third-order valence-electron chi connectivity index (χ3n) is 3.73.